The first kappa shape index (κ1) is 20.5. The Hall–Kier alpha value is -2.75. The Morgan fingerprint density at radius 2 is 2.03 bits per heavy atom. The van der Waals surface area contributed by atoms with Crippen molar-refractivity contribution in [3.8, 4) is 5.75 Å². The molecule has 1 aromatic carbocycles. The lowest BCUT2D eigenvalue weighted by Crippen LogP contribution is -2.37. The highest BCUT2D eigenvalue weighted by molar-refractivity contribution is 7.07. The Morgan fingerprint density at radius 3 is 2.73 bits per heavy atom. The van der Waals surface area contributed by atoms with E-state index in [-0.39, 0.29) is 18.3 Å². The van der Waals surface area contributed by atoms with Crippen LogP contribution in [0.15, 0.2) is 29.1 Å². The lowest BCUT2D eigenvalue weighted by atomic mass is 10.1. The number of H-pyrrole nitrogens is 1. The Morgan fingerprint density at radius 1 is 1.23 bits per heavy atom. The number of urea groups is 1. The van der Waals surface area contributed by atoms with Crippen LogP contribution in [0.2, 0.25) is 0 Å². The number of amides is 2. The number of aromatic amines is 1. The topological polar surface area (TPSA) is 70.2 Å². The average Bonchev–Trinajstić information content (AvgIpc) is 3.44. The number of fused-ring (bicyclic) bond motifs is 1. The van der Waals surface area contributed by atoms with Gasteiger partial charge in [-0.1, -0.05) is 0 Å². The van der Waals surface area contributed by atoms with E-state index in [1.165, 1.54) is 17.4 Å². The molecule has 1 aliphatic heterocycles. The number of hydrogen-bond acceptors (Lipinski definition) is 4. The highest BCUT2D eigenvalue weighted by Gasteiger charge is 2.32. The maximum Gasteiger partial charge on any atom is 0.573 e. The zero-order valence-corrected chi connectivity index (χ0v) is 16.9. The van der Waals surface area contributed by atoms with Gasteiger partial charge in [0.1, 0.15) is 5.75 Å². The van der Waals surface area contributed by atoms with Gasteiger partial charge >= 0.3 is 12.4 Å². The average molecular weight is 438 g/mol. The number of nitrogens with one attached hydrogen (secondary N) is 2. The van der Waals surface area contributed by atoms with Crippen molar-refractivity contribution in [3.05, 3.63) is 46.0 Å². The van der Waals surface area contributed by atoms with E-state index in [9.17, 15) is 18.0 Å². The number of nitrogens with zero attached hydrogens (tertiary/aromatic N) is 2. The second-order valence-electron chi connectivity index (χ2n) is 7.22. The molecule has 0 spiro atoms. The quantitative estimate of drug-likeness (QED) is 0.590. The van der Waals surface area contributed by atoms with Crippen LogP contribution in [0.1, 0.15) is 29.8 Å². The van der Waals surface area contributed by atoms with Crippen LogP contribution in [-0.2, 0) is 19.4 Å². The SMILES string of the molecule is O=C(NCc1cc2cc(OC(F)(F)F)c(CCc3cscn3)cc2[nH]1)N1CCCC1. The van der Waals surface area contributed by atoms with Crippen molar-refractivity contribution < 1.29 is 22.7 Å². The minimum Gasteiger partial charge on any atom is -0.405 e. The van der Waals surface area contributed by atoms with E-state index in [4.69, 9.17) is 0 Å². The van der Waals surface area contributed by atoms with Gasteiger partial charge in [-0.05, 0) is 49.4 Å². The van der Waals surface area contributed by atoms with Crippen LogP contribution in [0.25, 0.3) is 10.9 Å². The number of likely N-dealkylation sites (tertiary alicyclic amines) is 1. The van der Waals surface area contributed by atoms with Gasteiger partial charge in [0, 0.05) is 35.1 Å². The number of benzene rings is 1. The predicted octanol–water partition coefficient (Wildman–Crippen LogP) is 4.61. The van der Waals surface area contributed by atoms with Gasteiger partial charge in [0.15, 0.2) is 0 Å². The third kappa shape index (κ3) is 5.05. The van der Waals surface area contributed by atoms with Gasteiger partial charge in [0.2, 0.25) is 0 Å². The second-order valence-corrected chi connectivity index (χ2v) is 7.94. The molecule has 1 saturated heterocycles. The number of alkyl halides is 3. The van der Waals surface area contributed by atoms with Gasteiger partial charge in [0.25, 0.3) is 0 Å². The van der Waals surface area contributed by atoms with Crippen molar-refractivity contribution >= 4 is 28.3 Å². The number of aryl methyl sites for hydroxylation is 2. The summed E-state index contributed by atoms with van der Waals surface area (Å²) in [6.07, 6.45) is -1.88. The first-order valence-electron chi connectivity index (χ1n) is 9.67. The van der Waals surface area contributed by atoms with Gasteiger partial charge in [-0.3, -0.25) is 0 Å². The van der Waals surface area contributed by atoms with Crippen molar-refractivity contribution in [3.63, 3.8) is 0 Å². The minimum absolute atomic E-state index is 0.129. The molecule has 0 bridgehead atoms. The summed E-state index contributed by atoms with van der Waals surface area (Å²) in [5, 5.41) is 5.32. The zero-order chi connectivity index (χ0) is 21.1. The van der Waals surface area contributed by atoms with Gasteiger partial charge in [0.05, 0.1) is 17.7 Å². The number of rotatable bonds is 6. The Labute approximate surface area is 175 Å². The molecule has 0 unspecified atom stereocenters. The molecular formula is C20H21F3N4O2S. The van der Waals surface area contributed by atoms with Crippen LogP contribution in [0, 0.1) is 0 Å². The van der Waals surface area contributed by atoms with E-state index in [0.717, 1.165) is 31.6 Å². The molecule has 1 aliphatic rings. The summed E-state index contributed by atoms with van der Waals surface area (Å²) in [6.45, 7) is 1.77. The minimum atomic E-state index is -4.77. The maximum absolute atomic E-state index is 12.9. The molecular weight excluding hydrogens is 417 g/mol. The van der Waals surface area contributed by atoms with Crippen LogP contribution >= 0.6 is 11.3 Å². The summed E-state index contributed by atoms with van der Waals surface area (Å²) in [5.41, 5.74) is 4.38. The Bertz CT molecular complexity index is 1010. The smallest absolute Gasteiger partial charge is 0.405 e. The standard InChI is InChI=1S/C20H21F3N4O2S/c21-20(22,23)29-18-9-14-7-16(10-24-19(28)27-5-1-2-6-27)26-17(14)8-13(18)3-4-15-11-30-12-25-15/h7-9,11-12,26H,1-6,10H2,(H,24,28). The molecule has 3 aromatic rings. The van der Waals surface area contributed by atoms with Crippen LogP contribution < -0.4 is 10.1 Å². The zero-order valence-electron chi connectivity index (χ0n) is 16.1. The largest absolute Gasteiger partial charge is 0.573 e. The van der Waals surface area contributed by atoms with E-state index >= 15 is 0 Å². The normalized spacial score (nSPS) is 14.4. The fraction of sp³-hybridized carbons (Fsp3) is 0.400. The highest BCUT2D eigenvalue weighted by atomic mass is 32.1. The lowest BCUT2D eigenvalue weighted by molar-refractivity contribution is -0.274. The molecule has 2 amide bonds. The molecule has 4 rings (SSSR count). The molecule has 0 radical (unpaired) electrons. The third-order valence-corrected chi connectivity index (χ3v) is 5.68. The Balaban J connectivity index is 1.52. The van der Waals surface area contributed by atoms with Gasteiger partial charge in [-0.15, -0.1) is 24.5 Å². The summed E-state index contributed by atoms with van der Waals surface area (Å²) < 4.78 is 43.0. The molecule has 0 aliphatic carbocycles. The van der Waals surface area contributed by atoms with Crippen molar-refractivity contribution in [2.45, 2.75) is 38.6 Å². The number of thiazole rings is 1. The number of carbonyl (C=O) groups excluding carboxylic acids is 1. The fourth-order valence-corrected chi connectivity index (χ4v) is 4.19. The molecule has 2 aromatic heterocycles. The van der Waals surface area contributed by atoms with Gasteiger partial charge in [-0.25, -0.2) is 9.78 Å². The molecule has 0 atom stereocenters. The predicted molar refractivity (Wildman–Crippen MR) is 108 cm³/mol. The maximum atomic E-state index is 12.9. The number of aromatic nitrogens is 2. The molecule has 6 nitrogen and oxygen atoms in total. The molecule has 0 saturated carbocycles. The number of halogens is 3. The summed E-state index contributed by atoms with van der Waals surface area (Å²) in [4.78, 5) is 21.3. The third-order valence-electron chi connectivity index (χ3n) is 5.04. The first-order chi connectivity index (χ1) is 14.4. The van der Waals surface area contributed by atoms with Gasteiger partial charge in [-0.2, -0.15) is 0 Å². The molecule has 10 heteroatoms. The number of ether oxygens (including phenoxy) is 1. The van der Waals surface area contributed by atoms with E-state index < -0.39 is 6.36 Å². The van der Waals surface area contributed by atoms with Crippen molar-refractivity contribution in [1.82, 2.24) is 20.2 Å². The van der Waals surface area contributed by atoms with E-state index in [1.54, 1.807) is 22.5 Å². The highest BCUT2D eigenvalue weighted by Crippen LogP contribution is 2.32. The van der Waals surface area contributed by atoms with E-state index in [0.29, 0.717) is 35.0 Å². The molecule has 30 heavy (non-hydrogen) atoms. The monoisotopic (exact) mass is 438 g/mol. The molecule has 160 valence electrons. The summed E-state index contributed by atoms with van der Waals surface area (Å²) in [5.74, 6) is -0.211. The molecule has 2 N–H and O–H groups in total. The second kappa shape index (κ2) is 8.55. The van der Waals surface area contributed by atoms with E-state index in [2.05, 4.69) is 20.0 Å². The molecule has 3 heterocycles. The fourth-order valence-electron chi connectivity index (χ4n) is 3.60. The summed E-state index contributed by atoms with van der Waals surface area (Å²) in [6, 6.07) is 4.67. The number of carbonyl (C=O) groups is 1. The van der Waals surface area contributed by atoms with Crippen LogP contribution in [-0.4, -0.2) is 40.4 Å². The van der Waals surface area contributed by atoms with E-state index in [1.807, 2.05) is 5.38 Å². The van der Waals surface area contributed by atoms with Crippen LogP contribution in [0.5, 0.6) is 5.75 Å². The first-order valence-corrected chi connectivity index (χ1v) is 10.6. The van der Waals surface area contributed by atoms with Crippen LogP contribution in [0.4, 0.5) is 18.0 Å². The van der Waals surface area contributed by atoms with Gasteiger partial charge < -0.3 is 19.9 Å². The Kier molecular flexibility index (Phi) is 5.85. The van der Waals surface area contributed by atoms with Crippen LogP contribution in [0.3, 0.4) is 0 Å². The lowest BCUT2D eigenvalue weighted by Gasteiger charge is -2.15. The summed E-state index contributed by atoms with van der Waals surface area (Å²) >= 11 is 1.45. The van der Waals surface area contributed by atoms with Crippen molar-refractivity contribution in [2.24, 2.45) is 0 Å². The number of hydrogen-bond donors (Lipinski definition) is 2. The summed E-state index contributed by atoms with van der Waals surface area (Å²) in [7, 11) is 0. The molecule has 1 fully saturated rings. The van der Waals surface area contributed by atoms with Crippen molar-refractivity contribution in [2.75, 3.05) is 13.1 Å². The van der Waals surface area contributed by atoms with Crippen molar-refractivity contribution in [1.29, 1.82) is 0 Å².